The molecule has 0 amide bonds. The van der Waals surface area contributed by atoms with E-state index in [1.54, 1.807) is 6.07 Å². The molecule has 1 aliphatic rings. The van der Waals surface area contributed by atoms with Crippen LogP contribution in [0.25, 0.3) is 93.6 Å². The van der Waals surface area contributed by atoms with Crippen molar-refractivity contribution in [1.82, 2.24) is 9.13 Å². The van der Waals surface area contributed by atoms with Crippen molar-refractivity contribution >= 4 is 76.8 Å². The number of nitrogens with one attached hydrogen (secondary N) is 1. The van der Waals surface area contributed by atoms with E-state index in [1.165, 1.54) is 51.5 Å². The molecule has 0 fully saturated rings. The normalized spacial score (nSPS) is 13.1. The number of aromatic hydroxyl groups is 1. The topological polar surface area (TPSA) is 55.3 Å². The van der Waals surface area contributed by atoms with Gasteiger partial charge in [0.05, 0.1) is 27.5 Å². The van der Waals surface area contributed by atoms with Gasteiger partial charge in [0.1, 0.15) is 16.9 Å². The Morgan fingerprint density at radius 2 is 1.11 bits per heavy atom. The van der Waals surface area contributed by atoms with Gasteiger partial charge in [-0.25, -0.2) is 0 Å². The molecule has 3 heterocycles. The number of rotatable bonds is 6. The molecule has 5 heteroatoms. The van der Waals surface area contributed by atoms with Crippen molar-refractivity contribution in [3.05, 3.63) is 187 Å². The minimum absolute atomic E-state index is 0.256. The predicted molar refractivity (Wildman–Crippen MR) is 256 cm³/mol. The van der Waals surface area contributed by atoms with Gasteiger partial charge in [-0.05, 0) is 121 Å². The fourth-order valence-electron chi connectivity index (χ4n) is 9.71. The van der Waals surface area contributed by atoms with E-state index in [0.29, 0.717) is 0 Å². The molecule has 0 unspecified atom stereocenters. The molecule has 2 N–H and O–H groups in total. The third-order valence-corrected chi connectivity index (χ3v) is 12.4. The SMILES string of the molecule is CC.Oc1ccc(-n2c3ccccc3c3c4oc5ccc(-n6c7ccccc7c7cc(NC8=C(c9ccccc9)CCCC8)ccc76)cc5c4ccc32)cc1-c1ccccc1. The number of anilines is 1. The lowest BCUT2D eigenvalue weighted by atomic mass is 9.91. The monoisotopic (exact) mass is 791 g/mol. The van der Waals surface area contributed by atoms with Crippen molar-refractivity contribution in [3.63, 3.8) is 0 Å². The molecule has 1 aliphatic carbocycles. The summed E-state index contributed by atoms with van der Waals surface area (Å²) < 4.78 is 11.5. The maximum absolute atomic E-state index is 10.9. The second kappa shape index (κ2) is 15.0. The van der Waals surface area contributed by atoms with Gasteiger partial charge in [-0.2, -0.15) is 0 Å². The number of nitrogens with zero attached hydrogens (tertiary/aromatic N) is 2. The number of allylic oxidation sites excluding steroid dienone is 2. The van der Waals surface area contributed by atoms with E-state index in [4.69, 9.17) is 4.42 Å². The van der Waals surface area contributed by atoms with Crippen LogP contribution in [0.4, 0.5) is 5.69 Å². The fraction of sp³-hybridized carbons (Fsp3) is 0.107. The zero-order chi connectivity index (χ0) is 41.0. The molecule has 12 rings (SSSR count). The second-order valence-corrected chi connectivity index (χ2v) is 15.8. The Kier molecular flexibility index (Phi) is 8.96. The lowest BCUT2D eigenvalue weighted by Crippen LogP contribution is -2.08. The van der Waals surface area contributed by atoms with Crippen LogP contribution in [0.5, 0.6) is 5.75 Å². The van der Waals surface area contributed by atoms with E-state index in [-0.39, 0.29) is 5.75 Å². The van der Waals surface area contributed by atoms with Crippen LogP contribution in [0, 0.1) is 0 Å². The van der Waals surface area contributed by atoms with Crippen LogP contribution in [0.3, 0.4) is 0 Å². The highest BCUT2D eigenvalue weighted by molar-refractivity contribution is 6.24. The van der Waals surface area contributed by atoms with Crippen molar-refractivity contribution in [2.75, 3.05) is 5.32 Å². The molecule has 11 aromatic rings. The van der Waals surface area contributed by atoms with E-state index in [0.717, 1.165) is 84.8 Å². The van der Waals surface area contributed by atoms with Crippen molar-refractivity contribution in [1.29, 1.82) is 0 Å². The zero-order valence-corrected chi connectivity index (χ0v) is 34.3. The number of para-hydroxylation sites is 2. The van der Waals surface area contributed by atoms with E-state index in [1.807, 2.05) is 50.2 Å². The summed E-state index contributed by atoms with van der Waals surface area (Å²) in [5, 5.41) is 21.6. The molecule has 0 radical (unpaired) electrons. The van der Waals surface area contributed by atoms with E-state index in [9.17, 15) is 5.11 Å². The maximum atomic E-state index is 10.9. The van der Waals surface area contributed by atoms with Gasteiger partial charge >= 0.3 is 0 Å². The second-order valence-electron chi connectivity index (χ2n) is 15.8. The number of hydrogen-bond acceptors (Lipinski definition) is 3. The first-order valence-electron chi connectivity index (χ1n) is 21.5. The number of hydrogen-bond donors (Lipinski definition) is 2. The van der Waals surface area contributed by atoms with Crippen LogP contribution in [0.1, 0.15) is 45.1 Å². The number of phenols is 1. The van der Waals surface area contributed by atoms with Crippen LogP contribution in [0.2, 0.25) is 0 Å². The van der Waals surface area contributed by atoms with Gasteiger partial charge in [0.2, 0.25) is 0 Å². The lowest BCUT2D eigenvalue weighted by Gasteiger charge is -2.22. The first kappa shape index (κ1) is 36.6. The summed E-state index contributed by atoms with van der Waals surface area (Å²) in [4.78, 5) is 0. The Balaban J connectivity index is 0.00000207. The Hall–Kier alpha value is -7.50. The standard InChI is InChI=1S/C54H39N3O2.C2H6/c58-51-29-24-37(32-43(51)35-15-5-2-6-16-35)57-48-22-12-9-19-42(48)53-50(57)28-26-41-45-33-38(25-30-52(45)59-54(41)53)56-47-21-11-8-18-40(47)44-31-36(23-27-49(44)56)55-46-20-10-7-17-39(46)34-13-3-1-4-14-34;1-2/h1-6,8-9,11-16,18-19,21-33,55,58H,7,10,17,20H2;1-2H3. The number of furan rings is 1. The first-order valence-corrected chi connectivity index (χ1v) is 21.5. The highest BCUT2D eigenvalue weighted by Gasteiger charge is 2.21. The molecule has 0 bridgehead atoms. The predicted octanol–water partition coefficient (Wildman–Crippen LogP) is 15.6. The van der Waals surface area contributed by atoms with Gasteiger partial charge in [0.15, 0.2) is 0 Å². The lowest BCUT2D eigenvalue weighted by molar-refractivity contribution is 0.477. The Morgan fingerprint density at radius 1 is 0.492 bits per heavy atom. The number of phenolic OH excluding ortho intramolecular Hbond substituents is 1. The van der Waals surface area contributed by atoms with Gasteiger partial charge in [-0.15, -0.1) is 0 Å². The molecule has 296 valence electrons. The molecule has 3 aromatic heterocycles. The van der Waals surface area contributed by atoms with Crippen LogP contribution in [0.15, 0.2) is 186 Å². The van der Waals surface area contributed by atoms with Crippen LogP contribution >= 0.6 is 0 Å². The quantitative estimate of drug-likeness (QED) is 0.176. The molecule has 0 saturated heterocycles. The fourth-order valence-corrected chi connectivity index (χ4v) is 9.71. The van der Waals surface area contributed by atoms with Crippen LogP contribution < -0.4 is 5.32 Å². The molecular formula is C56H45N3O2. The third kappa shape index (κ3) is 5.99. The third-order valence-electron chi connectivity index (χ3n) is 12.4. The minimum Gasteiger partial charge on any atom is -0.507 e. The molecule has 61 heavy (non-hydrogen) atoms. The number of fused-ring (bicyclic) bond motifs is 10. The molecule has 0 atom stereocenters. The van der Waals surface area contributed by atoms with Gasteiger partial charge in [0.25, 0.3) is 0 Å². The summed E-state index contributed by atoms with van der Waals surface area (Å²) in [6.07, 6.45) is 4.58. The Bertz CT molecular complexity index is 3480. The van der Waals surface area contributed by atoms with Gasteiger partial charge in [0, 0.05) is 55.3 Å². The van der Waals surface area contributed by atoms with Crippen LogP contribution in [-0.2, 0) is 0 Å². The summed E-state index contributed by atoms with van der Waals surface area (Å²) in [6, 6.07) is 61.8. The zero-order valence-electron chi connectivity index (χ0n) is 34.3. The summed E-state index contributed by atoms with van der Waals surface area (Å²) in [5.74, 6) is 0.256. The summed E-state index contributed by atoms with van der Waals surface area (Å²) in [6.45, 7) is 4.00. The van der Waals surface area contributed by atoms with Crippen LogP contribution in [-0.4, -0.2) is 14.2 Å². The smallest absolute Gasteiger partial charge is 0.145 e. The average molecular weight is 792 g/mol. The van der Waals surface area contributed by atoms with Gasteiger partial charge in [-0.3, -0.25) is 0 Å². The number of benzene rings is 8. The summed E-state index contributed by atoms with van der Waals surface area (Å²) >= 11 is 0. The van der Waals surface area contributed by atoms with Gasteiger partial charge < -0.3 is 24.0 Å². The first-order chi connectivity index (χ1) is 30.2. The van der Waals surface area contributed by atoms with Crippen molar-refractivity contribution in [3.8, 4) is 28.3 Å². The molecule has 0 spiro atoms. The molecule has 0 aliphatic heterocycles. The highest BCUT2D eigenvalue weighted by atomic mass is 16.3. The van der Waals surface area contributed by atoms with E-state index < -0.39 is 0 Å². The van der Waals surface area contributed by atoms with E-state index >= 15 is 0 Å². The summed E-state index contributed by atoms with van der Waals surface area (Å²) in [7, 11) is 0. The minimum atomic E-state index is 0.256. The van der Waals surface area contributed by atoms with Crippen molar-refractivity contribution in [2.45, 2.75) is 39.5 Å². The highest BCUT2D eigenvalue weighted by Crippen LogP contribution is 2.43. The Labute approximate surface area is 354 Å². The largest absolute Gasteiger partial charge is 0.507 e. The molecule has 5 nitrogen and oxygen atoms in total. The molecule has 0 saturated carbocycles. The molecular weight excluding hydrogens is 747 g/mol. The Morgan fingerprint density at radius 3 is 1.92 bits per heavy atom. The van der Waals surface area contributed by atoms with Gasteiger partial charge in [-0.1, -0.05) is 111 Å². The summed E-state index contributed by atoms with van der Waals surface area (Å²) in [5.41, 5.74) is 15.2. The van der Waals surface area contributed by atoms with Crippen molar-refractivity contribution in [2.24, 2.45) is 0 Å². The molecule has 8 aromatic carbocycles. The van der Waals surface area contributed by atoms with Crippen molar-refractivity contribution < 1.29 is 9.52 Å². The number of aromatic nitrogens is 2. The maximum Gasteiger partial charge on any atom is 0.145 e. The van der Waals surface area contributed by atoms with E-state index in [2.05, 4.69) is 148 Å². The average Bonchev–Trinajstić information content (AvgIpc) is 3.98.